The molecule has 0 N–H and O–H groups in total. The number of para-hydroxylation sites is 1. The maximum Gasteiger partial charge on any atom is 0.135 e. The molecular weight excluding hydrogens is 491 g/mol. The normalized spacial score (nSPS) is 11.6. The molecule has 1 radical (unpaired) electrons. The zero-order chi connectivity index (χ0) is 16.0. The Balaban J connectivity index is 0.00000169. The minimum Gasteiger partial charge on any atom is -0.457 e. The van der Waals surface area contributed by atoms with Gasteiger partial charge in [-0.1, -0.05) is 37.8 Å². The van der Waals surface area contributed by atoms with Crippen LogP contribution in [-0.2, 0) is 20.1 Å². The second-order valence-corrected chi connectivity index (χ2v) is 11.9. The molecule has 0 unspecified atom stereocenters. The van der Waals surface area contributed by atoms with Gasteiger partial charge in [0.15, 0.2) is 0 Å². The van der Waals surface area contributed by atoms with Crippen molar-refractivity contribution in [3.63, 3.8) is 0 Å². The van der Waals surface area contributed by atoms with E-state index in [1.165, 1.54) is 5.19 Å². The Morgan fingerprint density at radius 2 is 1.75 bits per heavy atom. The molecule has 2 aromatic heterocycles. The van der Waals surface area contributed by atoms with Gasteiger partial charge in [-0.05, 0) is 17.8 Å². The first-order valence-corrected chi connectivity index (χ1v) is 11.3. The topological polar surface area (TPSA) is 26.0 Å². The van der Waals surface area contributed by atoms with Crippen LogP contribution in [-0.4, -0.2) is 13.1 Å². The fraction of sp³-hybridized carbons (Fsp3) is 0.150. The number of fused-ring (bicyclic) bond motifs is 3. The fourth-order valence-electron chi connectivity index (χ4n) is 3.03. The predicted molar refractivity (Wildman–Crippen MR) is 98.8 cm³/mol. The molecule has 4 aromatic rings. The molecule has 4 heteroatoms. The van der Waals surface area contributed by atoms with Gasteiger partial charge in [0.2, 0.25) is 0 Å². The van der Waals surface area contributed by atoms with Crippen molar-refractivity contribution in [2.45, 2.75) is 19.6 Å². The third kappa shape index (κ3) is 2.86. The van der Waals surface area contributed by atoms with E-state index in [0.717, 1.165) is 33.2 Å². The van der Waals surface area contributed by atoms with E-state index in [1.54, 1.807) is 0 Å². The first-order chi connectivity index (χ1) is 11.0. The van der Waals surface area contributed by atoms with E-state index in [4.69, 9.17) is 9.40 Å². The van der Waals surface area contributed by atoms with Gasteiger partial charge in [0.1, 0.15) is 11.2 Å². The number of benzene rings is 2. The van der Waals surface area contributed by atoms with E-state index in [9.17, 15) is 0 Å². The van der Waals surface area contributed by atoms with E-state index < -0.39 is 8.07 Å². The van der Waals surface area contributed by atoms with Crippen molar-refractivity contribution in [3.8, 4) is 11.3 Å². The largest absolute Gasteiger partial charge is 0.457 e. The van der Waals surface area contributed by atoms with E-state index >= 15 is 0 Å². The Bertz CT molecular complexity index is 1020. The van der Waals surface area contributed by atoms with Crippen molar-refractivity contribution < 1.29 is 24.5 Å². The molecule has 2 heterocycles. The smallest absolute Gasteiger partial charge is 0.135 e. The summed E-state index contributed by atoms with van der Waals surface area (Å²) in [5.74, 6) is 0. The quantitative estimate of drug-likeness (QED) is 0.282. The van der Waals surface area contributed by atoms with Crippen molar-refractivity contribution in [1.29, 1.82) is 0 Å². The summed E-state index contributed by atoms with van der Waals surface area (Å²) in [6.07, 6.45) is 1.92. The minimum absolute atomic E-state index is 0. The van der Waals surface area contributed by atoms with Crippen molar-refractivity contribution >= 4 is 35.2 Å². The van der Waals surface area contributed by atoms with Gasteiger partial charge in [-0.25, -0.2) is 0 Å². The van der Waals surface area contributed by atoms with Crippen molar-refractivity contribution in [1.82, 2.24) is 4.98 Å². The van der Waals surface area contributed by atoms with Crippen molar-refractivity contribution in [2.75, 3.05) is 0 Å². The Labute approximate surface area is 156 Å². The Kier molecular flexibility index (Phi) is 4.47. The van der Waals surface area contributed by atoms with Crippen LogP contribution in [0.15, 0.2) is 59.1 Å². The summed E-state index contributed by atoms with van der Waals surface area (Å²) in [6.45, 7) is 7.04. The molecule has 2 aromatic carbocycles. The van der Waals surface area contributed by atoms with Crippen LogP contribution in [0.2, 0.25) is 19.6 Å². The summed E-state index contributed by atoms with van der Waals surface area (Å²) in [4.78, 5) is 4.70. The van der Waals surface area contributed by atoms with Crippen LogP contribution >= 0.6 is 0 Å². The van der Waals surface area contributed by atoms with Crippen LogP contribution < -0.4 is 5.19 Å². The molecule has 123 valence electrons. The SMILES string of the molecule is C[Si](C)(C)c1ccc[c-]c1-c1cc2oc3ccccc3c2cn1.[Ir]. The van der Waals surface area contributed by atoms with Crippen molar-refractivity contribution in [2.24, 2.45) is 0 Å². The maximum atomic E-state index is 6.00. The van der Waals surface area contributed by atoms with E-state index in [2.05, 4.69) is 43.9 Å². The molecule has 4 rings (SSSR count). The molecule has 0 saturated carbocycles. The van der Waals surface area contributed by atoms with Crippen LogP contribution in [0.1, 0.15) is 0 Å². The Morgan fingerprint density at radius 3 is 2.54 bits per heavy atom. The first kappa shape index (κ1) is 17.1. The monoisotopic (exact) mass is 509 g/mol. The molecular formula is C20H18IrNOSi-. The molecule has 0 saturated heterocycles. The zero-order valence-corrected chi connectivity index (χ0v) is 17.3. The Morgan fingerprint density at radius 1 is 0.958 bits per heavy atom. The van der Waals surface area contributed by atoms with Gasteiger partial charge >= 0.3 is 0 Å². The first-order valence-electron chi connectivity index (χ1n) is 7.83. The summed E-state index contributed by atoms with van der Waals surface area (Å²) in [5, 5.41) is 3.56. The van der Waals surface area contributed by atoms with E-state index in [1.807, 2.05) is 36.5 Å². The van der Waals surface area contributed by atoms with Gasteiger partial charge < -0.3 is 9.40 Å². The van der Waals surface area contributed by atoms with Crippen LogP contribution in [0, 0.1) is 6.07 Å². The number of furan rings is 1. The molecule has 0 aliphatic heterocycles. The van der Waals surface area contributed by atoms with E-state index in [0.29, 0.717) is 0 Å². The van der Waals surface area contributed by atoms with Gasteiger partial charge in [-0.3, -0.25) is 0 Å². The predicted octanol–water partition coefficient (Wildman–Crippen LogP) is 4.99. The van der Waals surface area contributed by atoms with Gasteiger partial charge in [0, 0.05) is 45.1 Å². The van der Waals surface area contributed by atoms with Crippen LogP contribution in [0.25, 0.3) is 33.2 Å². The average molecular weight is 509 g/mol. The fourth-order valence-corrected chi connectivity index (χ4v) is 4.58. The molecule has 0 atom stereocenters. The molecule has 0 spiro atoms. The van der Waals surface area contributed by atoms with E-state index in [-0.39, 0.29) is 20.1 Å². The molecule has 0 fully saturated rings. The van der Waals surface area contributed by atoms with Gasteiger partial charge in [-0.2, -0.15) is 0 Å². The molecule has 0 bridgehead atoms. The summed E-state index contributed by atoms with van der Waals surface area (Å²) < 4.78 is 6.00. The summed E-state index contributed by atoms with van der Waals surface area (Å²) in [5.41, 5.74) is 3.84. The van der Waals surface area contributed by atoms with Gasteiger partial charge in [0.05, 0.1) is 0 Å². The second-order valence-electron chi connectivity index (χ2n) is 6.87. The number of nitrogens with zero attached hydrogens (tertiary/aromatic N) is 1. The number of rotatable bonds is 2. The average Bonchev–Trinajstić information content (AvgIpc) is 2.91. The molecule has 0 amide bonds. The molecule has 2 nitrogen and oxygen atoms in total. The maximum absolute atomic E-state index is 6.00. The number of hydrogen-bond donors (Lipinski definition) is 0. The minimum atomic E-state index is -1.46. The number of aromatic nitrogens is 1. The Hall–Kier alpha value is -1.74. The van der Waals surface area contributed by atoms with Crippen LogP contribution in [0.5, 0.6) is 0 Å². The third-order valence-electron chi connectivity index (χ3n) is 4.18. The van der Waals surface area contributed by atoms with Crippen LogP contribution in [0.4, 0.5) is 0 Å². The number of pyridine rings is 1. The van der Waals surface area contributed by atoms with Crippen LogP contribution in [0.3, 0.4) is 0 Å². The van der Waals surface area contributed by atoms with Gasteiger partial charge in [0.25, 0.3) is 0 Å². The summed E-state index contributed by atoms with van der Waals surface area (Å²) in [6, 6.07) is 19.8. The molecule has 0 aliphatic rings. The second kappa shape index (κ2) is 6.28. The molecule has 0 aliphatic carbocycles. The third-order valence-corrected chi connectivity index (χ3v) is 6.22. The van der Waals surface area contributed by atoms with Crippen molar-refractivity contribution in [3.05, 3.63) is 60.8 Å². The summed E-state index contributed by atoms with van der Waals surface area (Å²) in [7, 11) is -1.46. The number of hydrogen-bond acceptors (Lipinski definition) is 2. The van der Waals surface area contributed by atoms with Gasteiger partial charge in [-0.15, -0.1) is 35.0 Å². The standard InChI is InChI=1S/C20H18NOSi.Ir/c1-23(2,3)20-11-7-5-9-15(20)17-12-19-16(13-21-17)14-8-4-6-10-18(14)22-19;/h4-8,10-13H,1-3H3;/q-1;. The summed E-state index contributed by atoms with van der Waals surface area (Å²) >= 11 is 0. The molecule has 24 heavy (non-hydrogen) atoms. The zero-order valence-electron chi connectivity index (χ0n) is 13.9.